The zero-order valence-corrected chi connectivity index (χ0v) is 14.2. The third-order valence-corrected chi connectivity index (χ3v) is 4.69. The van der Waals surface area contributed by atoms with Gasteiger partial charge in [-0.3, -0.25) is 9.69 Å². The molecule has 1 saturated heterocycles. The molecule has 2 aromatic rings. The Morgan fingerprint density at radius 2 is 1.83 bits per heavy atom. The summed E-state index contributed by atoms with van der Waals surface area (Å²) in [7, 11) is 0. The standard InChI is InChI=1S/C19H22ClN3O/c20-16-8-6-14(7-9-16)10-22-19(24)13-23-11-17(18(21)12-23)15-4-2-1-3-5-15/h1-9,17-18H,10-13,21H2,(H,22,24)/t17-,18+/m0/s1. The van der Waals surface area contributed by atoms with Crippen LogP contribution in [0.2, 0.25) is 5.02 Å². The van der Waals surface area contributed by atoms with Gasteiger partial charge in [0.25, 0.3) is 0 Å². The lowest BCUT2D eigenvalue weighted by atomic mass is 9.95. The van der Waals surface area contributed by atoms with Crippen LogP contribution in [-0.2, 0) is 11.3 Å². The van der Waals surface area contributed by atoms with Gasteiger partial charge in [0.2, 0.25) is 5.91 Å². The van der Waals surface area contributed by atoms with E-state index < -0.39 is 0 Å². The van der Waals surface area contributed by atoms with Crippen molar-refractivity contribution in [3.63, 3.8) is 0 Å². The highest BCUT2D eigenvalue weighted by Crippen LogP contribution is 2.25. The molecule has 1 aliphatic heterocycles. The lowest BCUT2D eigenvalue weighted by molar-refractivity contribution is -0.122. The highest BCUT2D eigenvalue weighted by Gasteiger charge is 2.31. The van der Waals surface area contributed by atoms with Gasteiger partial charge in [-0.25, -0.2) is 0 Å². The number of carbonyl (C=O) groups excluding carboxylic acids is 1. The molecule has 0 aliphatic carbocycles. The molecule has 1 heterocycles. The first-order valence-electron chi connectivity index (χ1n) is 8.16. The van der Waals surface area contributed by atoms with Crippen molar-refractivity contribution in [2.75, 3.05) is 19.6 Å². The average Bonchev–Trinajstić information content (AvgIpc) is 2.95. The van der Waals surface area contributed by atoms with Crippen LogP contribution in [0.1, 0.15) is 17.0 Å². The van der Waals surface area contributed by atoms with E-state index in [0.29, 0.717) is 18.1 Å². The van der Waals surface area contributed by atoms with E-state index in [-0.39, 0.29) is 17.9 Å². The van der Waals surface area contributed by atoms with Crippen molar-refractivity contribution < 1.29 is 4.79 Å². The minimum absolute atomic E-state index is 0.0193. The van der Waals surface area contributed by atoms with Crippen molar-refractivity contribution in [1.82, 2.24) is 10.2 Å². The van der Waals surface area contributed by atoms with Gasteiger partial charge in [0.15, 0.2) is 0 Å². The molecule has 2 aromatic carbocycles. The second-order valence-corrected chi connectivity index (χ2v) is 6.71. The number of carbonyl (C=O) groups is 1. The normalized spacial score (nSPS) is 20.9. The molecule has 1 amide bonds. The fraction of sp³-hybridized carbons (Fsp3) is 0.316. The molecule has 5 heteroatoms. The molecule has 4 nitrogen and oxygen atoms in total. The molecule has 0 bridgehead atoms. The number of amides is 1. The van der Waals surface area contributed by atoms with Crippen LogP contribution in [0.15, 0.2) is 54.6 Å². The van der Waals surface area contributed by atoms with E-state index in [1.165, 1.54) is 5.56 Å². The Hall–Kier alpha value is -1.88. The highest BCUT2D eigenvalue weighted by atomic mass is 35.5. The molecular weight excluding hydrogens is 322 g/mol. The van der Waals surface area contributed by atoms with Crippen molar-refractivity contribution >= 4 is 17.5 Å². The first-order chi connectivity index (χ1) is 11.6. The average molecular weight is 344 g/mol. The summed E-state index contributed by atoms with van der Waals surface area (Å²) < 4.78 is 0. The van der Waals surface area contributed by atoms with Crippen LogP contribution in [-0.4, -0.2) is 36.5 Å². The third-order valence-electron chi connectivity index (χ3n) is 4.44. The Kier molecular flexibility index (Phi) is 5.51. The van der Waals surface area contributed by atoms with E-state index in [4.69, 9.17) is 17.3 Å². The molecule has 2 atom stereocenters. The second kappa shape index (κ2) is 7.79. The molecular formula is C19H22ClN3O. The summed E-state index contributed by atoms with van der Waals surface area (Å²) >= 11 is 5.86. The van der Waals surface area contributed by atoms with Crippen molar-refractivity contribution in [3.8, 4) is 0 Å². The van der Waals surface area contributed by atoms with E-state index in [2.05, 4.69) is 22.3 Å². The van der Waals surface area contributed by atoms with Gasteiger partial charge in [0, 0.05) is 36.6 Å². The number of rotatable bonds is 5. The number of halogens is 1. The van der Waals surface area contributed by atoms with Crippen LogP contribution >= 0.6 is 11.6 Å². The molecule has 0 aromatic heterocycles. The molecule has 0 spiro atoms. The lowest BCUT2D eigenvalue weighted by Crippen LogP contribution is -2.37. The maximum atomic E-state index is 12.2. The Morgan fingerprint density at radius 3 is 2.54 bits per heavy atom. The van der Waals surface area contributed by atoms with Crippen molar-refractivity contribution in [1.29, 1.82) is 0 Å². The minimum atomic E-state index is 0.0193. The molecule has 0 unspecified atom stereocenters. The van der Waals surface area contributed by atoms with Gasteiger partial charge in [0.05, 0.1) is 6.54 Å². The Labute approximate surface area is 147 Å². The van der Waals surface area contributed by atoms with Crippen LogP contribution in [0.25, 0.3) is 0 Å². The van der Waals surface area contributed by atoms with Crippen LogP contribution < -0.4 is 11.1 Å². The minimum Gasteiger partial charge on any atom is -0.351 e. The second-order valence-electron chi connectivity index (χ2n) is 6.28. The molecule has 24 heavy (non-hydrogen) atoms. The quantitative estimate of drug-likeness (QED) is 0.876. The van der Waals surface area contributed by atoms with E-state index in [1.807, 2.05) is 42.5 Å². The third kappa shape index (κ3) is 4.35. The van der Waals surface area contributed by atoms with Crippen molar-refractivity contribution in [2.24, 2.45) is 5.73 Å². The summed E-state index contributed by atoms with van der Waals surface area (Å²) in [5.74, 6) is 0.307. The Morgan fingerprint density at radius 1 is 1.12 bits per heavy atom. The van der Waals surface area contributed by atoms with Crippen LogP contribution in [0.5, 0.6) is 0 Å². The maximum absolute atomic E-state index is 12.2. The summed E-state index contributed by atoms with van der Waals surface area (Å²) in [6, 6.07) is 17.8. The van der Waals surface area contributed by atoms with E-state index >= 15 is 0 Å². The van der Waals surface area contributed by atoms with Gasteiger partial charge in [-0.1, -0.05) is 54.1 Å². The van der Waals surface area contributed by atoms with Gasteiger partial charge in [-0.2, -0.15) is 0 Å². The number of nitrogens with two attached hydrogens (primary N) is 1. The topological polar surface area (TPSA) is 58.4 Å². The molecule has 126 valence electrons. The SMILES string of the molecule is N[C@@H]1CN(CC(=O)NCc2ccc(Cl)cc2)C[C@H]1c1ccccc1. The molecule has 3 N–H and O–H groups in total. The lowest BCUT2D eigenvalue weighted by Gasteiger charge is -2.16. The number of hydrogen-bond donors (Lipinski definition) is 2. The Balaban J connectivity index is 1.49. The predicted molar refractivity (Wildman–Crippen MR) is 96.9 cm³/mol. The number of nitrogens with zero attached hydrogens (tertiary/aromatic N) is 1. The first kappa shape index (κ1) is 17.0. The van der Waals surface area contributed by atoms with Gasteiger partial charge >= 0.3 is 0 Å². The molecule has 0 radical (unpaired) electrons. The summed E-state index contributed by atoms with van der Waals surface area (Å²) in [6.07, 6.45) is 0. The smallest absolute Gasteiger partial charge is 0.234 e. The molecule has 3 rings (SSSR count). The zero-order chi connectivity index (χ0) is 16.9. The molecule has 1 fully saturated rings. The fourth-order valence-electron chi connectivity index (χ4n) is 3.16. The van der Waals surface area contributed by atoms with Gasteiger partial charge in [0.1, 0.15) is 0 Å². The van der Waals surface area contributed by atoms with Gasteiger partial charge in [-0.15, -0.1) is 0 Å². The molecule has 1 aliphatic rings. The predicted octanol–water partition coefficient (Wildman–Crippen LogP) is 2.38. The van der Waals surface area contributed by atoms with Crippen molar-refractivity contribution in [3.05, 3.63) is 70.7 Å². The summed E-state index contributed by atoms with van der Waals surface area (Å²) in [6.45, 7) is 2.45. The monoisotopic (exact) mass is 343 g/mol. The van der Waals surface area contributed by atoms with Crippen LogP contribution in [0.3, 0.4) is 0 Å². The van der Waals surface area contributed by atoms with Crippen LogP contribution in [0, 0.1) is 0 Å². The summed E-state index contributed by atoms with van der Waals surface area (Å²) in [5, 5.41) is 3.65. The number of hydrogen-bond acceptors (Lipinski definition) is 3. The first-order valence-corrected chi connectivity index (χ1v) is 8.53. The maximum Gasteiger partial charge on any atom is 0.234 e. The summed E-state index contributed by atoms with van der Waals surface area (Å²) in [4.78, 5) is 14.3. The highest BCUT2D eigenvalue weighted by molar-refractivity contribution is 6.30. The zero-order valence-electron chi connectivity index (χ0n) is 13.5. The number of nitrogens with one attached hydrogen (secondary N) is 1. The number of likely N-dealkylation sites (tertiary alicyclic amines) is 1. The fourth-order valence-corrected chi connectivity index (χ4v) is 3.28. The van der Waals surface area contributed by atoms with Gasteiger partial charge < -0.3 is 11.1 Å². The van der Waals surface area contributed by atoms with Gasteiger partial charge in [-0.05, 0) is 23.3 Å². The van der Waals surface area contributed by atoms with Crippen molar-refractivity contribution in [2.45, 2.75) is 18.5 Å². The Bertz CT molecular complexity index is 675. The van der Waals surface area contributed by atoms with E-state index in [0.717, 1.165) is 18.7 Å². The van der Waals surface area contributed by atoms with E-state index in [9.17, 15) is 4.79 Å². The molecule has 0 saturated carbocycles. The summed E-state index contributed by atoms with van der Waals surface area (Å²) in [5.41, 5.74) is 8.55. The largest absolute Gasteiger partial charge is 0.351 e. The van der Waals surface area contributed by atoms with Crippen LogP contribution in [0.4, 0.5) is 0 Å². The van der Waals surface area contributed by atoms with E-state index in [1.54, 1.807) is 0 Å². The number of benzene rings is 2.